The molecule has 1 saturated heterocycles. The number of nitrogens with one attached hydrogen (secondary N) is 1. The van der Waals surface area contributed by atoms with E-state index in [0.29, 0.717) is 12.0 Å². The van der Waals surface area contributed by atoms with Crippen LogP contribution in [0.4, 0.5) is 0 Å². The van der Waals surface area contributed by atoms with Crippen LogP contribution in [-0.2, 0) is 0 Å². The van der Waals surface area contributed by atoms with Crippen molar-refractivity contribution in [2.75, 3.05) is 33.3 Å². The topological polar surface area (TPSA) is 24.5 Å². The van der Waals surface area contributed by atoms with E-state index in [9.17, 15) is 0 Å². The van der Waals surface area contributed by atoms with Crippen LogP contribution in [0.2, 0.25) is 0 Å². The van der Waals surface area contributed by atoms with Crippen LogP contribution in [0, 0.1) is 5.92 Å². The number of methoxy groups -OCH3 is 1. The van der Waals surface area contributed by atoms with Gasteiger partial charge in [-0.05, 0) is 39.5 Å². The van der Waals surface area contributed by atoms with E-state index < -0.39 is 0 Å². The zero-order valence-electron chi connectivity index (χ0n) is 13.5. The molecule has 1 heterocycles. The molecule has 2 rings (SSSR count). The average molecular weight is 414 g/mol. The number of nitrogens with zero attached hydrogens (tertiary/aromatic N) is 1. The maximum atomic E-state index is 5.34. The molecule has 1 aromatic rings. The van der Waals surface area contributed by atoms with Crippen molar-refractivity contribution in [3.63, 3.8) is 0 Å². The van der Waals surface area contributed by atoms with Crippen LogP contribution < -0.4 is 10.1 Å². The second-order valence-electron chi connectivity index (χ2n) is 5.51. The van der Waals surface area contributed by atoms with Crippen LogP contribution in [-0.4, -0.2) is 38.2 Å². The largest absolute Gasteiger partial charge is 0.496 e. The van der Waals surface area contributed by atoms with Gasteiger partial charge < -0.3 is 10.1 Å². The van der Waals surface area contributed by atoms with Crippen molar-refractivity contribution in [2.45, 2.75) is 26.3 Å². The lowest BCUT2D eigenvalue weighted by atomic mass is 9.90. The Morgan fingerprint density at radius 3 is 2.41 bits per heavy atom. The van der Waals surface area contributed by atoms with Crippen LogP contribution >= 0.6 is 40.7 Å². The molecule has 1 aliphatic rings. The van der Waals surface area contributed by atoms with Gasteiger partial charge in [0.05, 0.1) is 11.6 Å². The van der Waals surface area contributed by atoms with Crippen LogP contribution in [0.1, 0.15) is 31.9 Å². The third-order valence-corrected chi connectivity index (χ3v) is 4.87. The fourth-order valence-corrected chi connectivity index (χ4v) is 3.51. The highest BCUT2D eigenvalue weighted by Crippen LogP contribution is 2.35. The highest BCUT2D eigenvalue weighted by Gasteiger charge is 2.26. The van der Waals surface area contributed by atoms with E-state index in [0.717, 1.165) is 36.4 Å². The first-order valence-corrected chi connectivity index (χ1v) is 8.24. The molecule has 1 aliphatic heterocycles. The maximum absolute atomic E-state index is 5.34. The van der Waals surface area contributed by atoms with E-state index in [4.69, 9.17) is 4.74 Å². The molecule has 1 unspecified atom stereocenters. The minimum atomic E-state index is 0. The summed E-state index contributed by atoms with van der Waals surface area (Å²) in [6, 6.07) is 6.99. The van der Waals surface area contributed by atoms with Crippen molar-refractivity contribution in [1.29, 1.82) is 0 Å². The Bertz CT molecular complexity index is 442. The van der Waals surface area contributed by atoms with Crippen LogP contribution in [0.15, 0.2) is 22.7 Å². The van der Waals surface area contributed by atoms with Gasteiger partial charge in [0.25, 0.3) is 0 Å². The summed E-state index contributed by atoms with van der Waals surface area (Å²) in [6.45, 7) is 9.05. The minimum absolute atomic E-state index is 0. The average Bonchev–Trinajstić information content (AvgIpc) is 2.48. The third-order valence-electron chi connectivity index (χ3n) is 4.25. The van der Waals surface area contributed by atoms with Crippen molar-refractivity contribution in [3.05, 3.63) is 28.2 Å². The summed E-state index contributed by atoms with van der Waals surface area (Å²) in [5.41, 5.74) is 1.38. The zero-order chi connectivity index (χ0) is 14.5. The Morgan fingerprint density at radius 2 is 1.91 bits per heavy atom. The Labute approximate surface area is 155 Å². The van der Waals surface area contributed by atoms with E-state index in [1.807, 2.05) is 0 Å². The first-order chi connectivity index (χ1) is 9.67. The molecule has 0 bridgehead atoms. The highest BCUT2D eigenvalue weighted by molar-refractivity contribution is 9.10. The molecule has 3 nitrogen and oxygen atoms in total. The van der Waals surface area contributed by atoms with Gasteiger partial charge in [-0.3, -0.25) is 4.90 Å². The molecule has 0 amide bonds. The maximum Gasteiger partial charge on any atom is 0.133 e. The molecule has 1 aromatic carbocycles. The molecule has 0 saturated carbocycles. The van der Waals surface area contributed by atoms with Gasteiger partial charge in [0.2, 0.25) is 0 Å². The zero-order valence-corrected chi connectivity index (χ0v) is 16.7. The van der Waals surface area contributed by atoms with Gasteiger partial charge in [-0.1, -0.05) is 26.3 Å². The predicted molar refractivity (Wildman–Crippen MR) is 102 cm³/mol. The predicted octanol–water partition coefficient (Wildman–Crippen LogP) is 4.29. The van der Waals surface area contributed by atoms with E-state index in [1.54, 1.807) is 7.11 Å². The number of hydrogen-bond acceptors (Lipinski definition) is 3. The van der Waals surface area contributed by atoms with E-state index in [-0.39, 0.29) is 24.8 Å². The summed E-state index contributed by atoms with van der Waals surface area (Å²) in [7, 11) is 1.71. The second-order valence-corrected chi connectivity index (χ2v) is 6.36. The number of rotatable bonds is 5. The molecule has 0 spiro atoms. The molecule has 6 heteroatoms. The standard InChI is InChI=1S/C16H25BrN2O.2ClH/c1-4-12(2)16(19-9-7-18-8-10-19)13-5-6-15(20-3)14(17)11-13;;/h5-6,11-12,16,18H,4,7-10H2,1-3H3;2*1H/t12?,16-;;/m1../s1. The third kappa shape index (κ3) is 5.27. The number of piperazine rings is 1. The molecule has 1 fully saturated rings. The van der Waals surface area contributed by atoms with Gasteiger partial charge in [-0.2, -0.15) is 0 Å². The molecule has 0 radical (unpaired) electrons. The quantitative estimate of drug-likeness (QED) is 0.778. The van der Waals surface area contributed by atoms with Gasteiger partial charge in [-0.25, -0.2) is 0 Å². The fraction of sp³-hybridized carbons (Fsp3) is 0.625. The summed E-state index contributed by atoms with van der Waals surface area (Å²) < 4.78 is 6.38. The van der Waals surface area contributed by atoms with E-state index >= 15 is 0 Å². The molecule has 0 aromatic heterocycles. The van der Waals surface area contributed by atoms with Crippen molar-refractivity contribution in [3.8, 4) is 5.75 Å². The number of ether oxygens (including phenoxy) is 1. The normalized spacial score (nSPS) is 17.8. The Balaban J connectivity index is 0.00000220. The molecule has 1 N–H and O–H groups in total. The number of benzene rings is 1. The van der Waals surface area contributed by atoms with Gasteiger partial charge in [-0.15, -0.1) is 24.8 Å². The fourth-order valence-electron chi connectivity index (χ4n) is 2.95. The van der Waals surface area contributed by atoms with Crippen LogP contribution in [0.25, 0.3) is 0 Å². The number of hydrogen-bond donors (Lipinski definition) is 1. The summed E-state index contributed by atoms with van der Waals surface area (Å²) in [5, 5.41) is 3.44. The van der Waals surface area contributed by atoms with Crippen LogP contribution in [0.5, 0.6) is 5.75 Å². The summed E-state index contributed by atoms with van der Waals surface area (Å²) in [5.74, 6) is 1.55. The Kier molecular flexibility index (Phi) is 10.7. The van der Waals surface area contributed by atoms with Crippen molar-refractivity contribution in [1.82, 2.24) is 10.2 Å². The SMILES string of the molecule is CCC(C)[C@H](c1ccc(OC)c(Br)c1)N1CCNCC1.Cl.Cl. The first kappa shape index (κ1) is 22.0. The van der Waals surface area contributed by atoms with Gasteiger partial charge in [0, 0.05) is 32.2 Å². The minimum Gasteiger partial charge on any atom is -0.496 e. The Morgan fingerprint density at radius 1 is 1.27 bits per heavy atom. The van der Waals surface area contributed by atoms with Gasteiger partial charge in [0.15, 0.2) is 0 Å². The van der Waals surface area contributed by atoms with Crippen molar-refractivity contribution in [2.24, 2.45) is 5.92 Å². The Hall–Kier alpha value is -0.000000000000000111. The molecule has 2 atom stereocenters. The van der Waals surface area contributed by atoms with Crippen molar-refractivity contribution < 1.29 is 4.74 Å². The van der Waals surface area contributed by atoms with Gasteiger partial charge in [0.1, 0.15) is 5.75 Å². The lowest BCUT2D eigenvalue weighted by Crippen LogP contribution is -2.46. The summed E-state index contributed by atoms with van der Waals surface area (Å²) in [4.78, 5) is 2.61. The smallest absolute Gasteiger partial charge is 0.133 e. The molecule has 22 heavy (non-hydrogen) atoms. The second kappa shape index (κ2) is 10.7. The summed E-state index contributed by atoms with van der Waals surface area (Å²) in [6.07, 6.45) is 1.19. The van der Waals surface area contributed by atoms with E-state index in [1.165, 1.54) is 12.0 Å². The summed E-state index contributed by atoms with van der Waals surface area (Å²) >= 11 is 3.61. The van der Waals surface area contributed by atoms with E-state index in [2.05, 4.69) is 58.2 Å². The molecular formula is C16H27BrCl2N2O. The molecule has 128 valence electrons. The van der Waals surface area contributed by atoms with Crippen LogP contribution in [0.3, 0.4) is 0 Å². The van der Waals surface area contributed by atoms with Gasteiger partial charge >= 0.3 is 0 Å². The highest BCUT2D eigenvalue weighted by atomic mass is 79.9. The first-order valence-electron chi connectivity index (χ1n) is 7.45. The lowest BCUT2D eigenvalue weighted by Gasteiger charge is -2.38. The monoisotopic (exact) mass is 412 g/mol. The number of halogens is 3. The lowest BCUT2D eigenvalue weighted by molar-refractivity contribution is 0.128. The molecule has 0 aliphatic carbocycles. The van der Waals surface area contributed by atoms with Crippen molar-refractivity contribution >= 4 is 40.7 Å². The molecular weight excluding hydrogens is 387 g/mol.